The number of rotatable bonds is 9. The van der Waals surface area contributed by atoms with Crippen LogP contribution in [-0.4, -0.2) is 45.4 Å². The van der Waals surface area contributed by atoms with Crippen LogP contribution in [0.4, 0.5) is 20.6 Å². The van der Waals surface area contributed by atoms with Gasteiger partial charge in [-0.3, -0.25) is 4.79 Å². The molecule has 1 aromatic carbocycles. The molecule has 236 valence electrons. The molecule has 0 bridgehead atoms. The quantitative estimate of drug-likeness (QED) is 0.230. The second-order valence-electron chi connectivity index (χ2n) is 12.5. The highest BCUT2D eigenvalue weighted by Gasteiger charge is 2.46. The first-order valence-electron chi connectivity index (χ1n) is 14.7. The van der Waals surface area contributed by atoms with Gasteiger partial charge in [0.15, 0.2) is 11.5 Å². The number of pyridine rings is 1. The summed E-state index contributed by atoms with van der Waals surface area (Å²) in [6, 6.07) is 7.55. The summed E-state index contributed by atoms with van der Waals surface area (Å²) in [4.78, 5) is 38.4. The van der Waals surface area contributed by atoms with Crippen LogP contribution in [0.1, 0.15) is 74.6 Å². The van der Waals surface area contributed by atoms with Crippen molar-refractivity contribution < 1.29 is 27.1 Å². The van der Waals surface area contributed by atoms with Crippen LogP contribution in [0.15, 0.2) is 53.8 Å². The summed E-state index contributed by atoms with van der Waals surface area (Å²) in [5.41, 5.74) is 2.01. The molecule has 3 N–H and O–H groups in total. The topological polar surface area (TPSA) is 157 Å². The summed E-state index contributed by atoms with van der Waals surface area (Å²) in [5.74, 6) is -0.502. The van der Waals surface area contributed by atoms with Gasteiger partial charge in [-0.15, -0.1) is 0 Å². The first-order chi connectivity index (χ1) is 21.3. The molecule has 6 rings (SSSR count). The molecular weight excluding hydrogens is 601 g/mol. The number of benzene rings is 1. The summed E-state index contributed by atoms with van der Waals surface area (Å²) in [6.45, 7) is 6.87. The van der Waals surface area contributed by atoms with E-state index in [4.69, 9.17) is 4.74 Å². The number of aryl methyl sites for hydroxylation is 1. The summed E-state index contributed by atoms with van der Waals surface area (Å²) in [7, 11) is -4.45. The molecule has 0 spiro atoms. The maximum atomic E-state index is 14.7. The number of amides is 2. The number of ether oxygens (including phenoxy) is 1. The highest BCUT2D eigenvalue weighted by Crippen LogP contribution is 2.47. The van der Waals surface area contributed by atoms with Crippen LogP contribution in [0, 0.1) is 18.7 Å². The standard InChI is InChI=1S/C31H34FN7O5S/c1-17-9-10-33-27(35-17)22-13-23(22)29(40)37-25-12-20(7-8-26(25)45(42,43)38-30(41)44-31(2,3)4)34-14-21-16-39-15-19(18-5-6-18)11-24(32)28(39)36-21/h7-12,15-16,18,22-23,34H,5-6,13-14H2,1-4H3,(H,37,40)(H,38,41)/t22-,23-/m0/s1. The third kappa shape index (κ3) is 7.06. The van der Waals surface area contributed by atoms with Gasteiger partial charge in [0, 0.05) is 41.8 Å². The van der Waals surface area contributed by atoms with E-state index < -0.39 is 39.4 Å². The first-order valence-corrected chi connectivity index (χ1v) is 16.2. The Balaban J connectivity index is 1.23. The largest absolute Gasteiger partial charge is 0.443 e. The van der Waals surface area contributed by atoms with Crippen LogP contribution in [-0.2, 0) is 26.1 Å². The van der Waals surface area contributed by atoms with E-state index in [1.165, 1.54) is 24.3 Å². The maximum absolute atomic E-state index is 14.7. The fourth-order valence-electron chi connectivity index (χ4n) is 5.12. The van der Waals surface area contributed by atoms with Gasteiger partial charge in [-0.2, -0.15) is 0 Å². The number of sulfonamides is 1. The SMILES string of the molecule is Cc1ccnc([C@H]2C[C@@H]2C(=O)Nc2cc(NCc3cn4cc(C5CC5)cc(F)c4n3)ccc2S(=O)(=O)NC(=O)OC(C)(C)C)n1. The molecule has 0 saturated heterocycles. The lowest BCUT2D eigenvalue weighted by Gasteiger charge is -2.20. The third-order valence-electron chi connectivity index (χ3n) is 7.52. The number of carbonyl (C=O) groups excluding carboxylic acids is 2. The van der Waals surface area contributed by atoms with Crippen molar-refractivity contribution in [3.63, 3.8) is 0 Å². The zero-order valence-electron chi connectivity index (χ0n) is 25.3. The number of halogens is 1. The van der Waals surface area contributed by atoms with E-state index in [2.05, 4.69) is 25.6 Å². The van der Waals surface area contributed by atoms with Gasteiger partial charge in [-0.1, -0.05) is 0 Å². The Bertz CT molecular complexity index is 1920. The molecule has 2 amide bonds. The molecule has 4 aromatic rings. The molecule has 2 saturated carbocycles. The normalized spacial score (nSPS) is 18.0. The minimum Gasteiger partial charge on any atom is -0.443 e. The molecule has 3 aromatic heterocycles. The second-order valence-corrected chi connectivity index (χ2v) is 14.2. The smallest absolute Gasteiger partial charge is 0.421 e. The molecule has 45 heavy (non-hydrogen) atoms. The molecule has 2 atom stereocenters. The van der Waals surface area contributed by atoms with Crippen molar-refractivity contribution in [1.82, 2.24) is 24.1 Å². The minimum atomic E-state index is -4.45. The van der Waals surface area contributed by atoms with Crippen LogP contribution in [0.5, 0.6) is 0 Å². The fourth-order valence-corrected chi connectivity index (χ4v) is 6.14. The summed E-state index contributed by atoms with van der Waals surface area (Å²) < 4.78 is 50.0. The van der Waals surface area contributed by atoms with E-state index in [9.17, 15) is 22.4 Å². The highest BCUT2D eigenvalue weighted by atomic mass is 32.2. The summed E-state index contributed by atoms with van der Waals surface area (Å²) in [5, 5.41) is 5.89. The fraction of sp³-hybridized carbons (Fsp3) is 0.387. The number of anilines is 2. The van der Waals surface area contributed by atoms with Crippen molar-refractivity contribution in [1.29, 1.82) is 0 Å². The monoisotopic (exact) mass is 635 g/mol. The van der Waals surface area contributed by atoms with Crippen molar-refractivity contribution >= 4 is 39.0 Å². The maximum Gasteiger partial charge on any atom is 0.421 e. The molecule has 2 aliphatic carbocycles. The molecule has 2 aliphatic rings. The lowest BCUT2D eigenvalue weighted by molar-refractivity contribution is -0.117. The Labute approximate surface area is 259 Å². The zero-order chi connectivity index (χ0) is 32.1. The Morgan fingerprint density at radius 2 is 1.89 bits per heavy atom. The molecule has 0 unspecified atom stereocenters. The number of nitrogens with one attached hydrogen (secondary N) is 3. The molecule has 2 fully saturated rings. The van der Waals surface area contributed by atoms with Crippen LogP contribution in [0.25, 0.3) is 5.65 Å². The molecule has 0 radical (unpaired) electrons. The van der Waals surface area contributed by atoms with E-state index in [1.807, 2.05) is 17.8 Å². The van der Waals surface area contributed by atoms with Gasteiger partial charge >= 0.3 is 6.09 Å². The van der Waals surface area contributed by atoms with Crippen LogP contribution in [0.2, 0.25) is 0 Å². The molecule has 0 aliphatic heterocycles. The predicted octanol–water partition coefficient (Wildman–Crippen LogP) is 5.02. The Hall–Kier alpha value is -4.59. The Morgan fingerprint density at radius 1 is 1.11 bits per heavy atom. The van der Waals surface area contributed by atoms with Gasteiger partial charge in [0.2, 0.25) is 5.91 Å². The Morgan fingerprint density at radius 3 is 2.60 bits per heavy atom. The molecular formula is C31H34FN7O5S. The lowest BCUT2D eigenvalue weighted by Crippen LogP contribution is -2.36. The predicted molar refractivity (Wildman–Crippen MR) is 164 cm³/mol. The Kier molecular flexibility index (Phi) is 7.71. The number of hydrogen-bond acceptors (Lipinski definition) is 9. The number of carbonyl (C=O) groups is 2. The molecule has 3 heterocycles. The number of imidazole rings is 1. The second kappa shape index (κ2) is 11.4. The van der Waals surface area contributed by atoms with Gasteiger partial charge in [0.05, 0.1) is 17.9 Å². The number of fused-ring (bicyclic) bond motifs is 1. The highest BCUT2D eigenvalue weighted by molar-refractivity contribution is 7.90. The van der Waals surface area contributed by atoms with Crippen molar-refractivity contribution in [2.75, 3.05) is 10.6 Å². The first kappa shape index (κ1) is 30.4. The van der Waals surface area contributed by atoms with Crippen molar-refractivity contribution in [3.05, 3.63) is 77.5 Å². The van der Waals surface area contributed by atoms with Crippen LogP contribution >= 0.6 is 0 Å². The zero-order valence-corrected chi connectivity index (χ0v) is 26.1. The van der Waals surface area contributed by atoms with E-state index in [0.717, 1.165) is 24.1 Å². The number of nitrogens with zero attached hydrogens (tertiary/aromatic N) is 4. The number of aromatic nitrogens is 4. The molecule has 12 nitrogen and oxygen atoms in total. The van der Waals surface area contributed by atoms with Gasteiger partial charge in [-0.05, 0) is 88.8 Å². The third-order valence-corrected chi connectivity index (χ3v) is 8.89. The van der Waals surface area contributed by atoms with Gasteiger partial charge in [0.1, 0.15) is 16.3 Å². The lowest BCUT2D eigenvalue weighted by atomic mass is 10.2. The van der Waals surface area contributed by atoms with Gasteiger partial charge in [-0.25, -0.2) is 37.3 Å². The minimum absolute atomic E-state index is 0.0352. The van der Waals surface area contributed by atoms with E-state index in [0.29, 0.717) is 29.5 Å². The van der Waals surface area contributed by atoms with E-state index >= 15 is 0 Å². The van der Waals surface area contributed by atoms with Crippen molar-refractivity contribution in [2.45, 2.75) is 75.8 Å². The van der Waals surface area contributed by atoms with Crippen molar-refractivity contribution in [3.8, 4) is 0 Å². The van der Waals surface area contributed by atoms with Crippen LogP contribution in [0.3, 0.4) is 0 Å². The average molecular weight is 636 g/mol. The van der Waals surface area contributed by atoms with E-state index in [-0.39, 0.29) is 28.7 Å². The van der Waals surface area contributed by atoms with Gasteiger partial charge in [0.25, 0.3) is 10.0 Å². The average Bonchev–Trinajstić information content (AvgIpc) is 3.87. The van der Waals surface area contributed by atoms with Crippen molar-refractivity contribution in [2.24, 2.45) is 5.92 Å². The van der Waals surface area contributed by atoms with Crippen LogP contribution < -0.4 is 15.4 Å². The van der Waals surface area contributed by atoms with Gasteiger partial charge < -0.3 is 19.8 Å². The number of hydrogen-bond donors (Lipinski definition) is 3. The summed E-state index contributed by atoms with van der Waals surface area (Å²) >= 11 is 0. The van der Waals surface area contributed by atoms with E-state index in [1.54, 1.807) is 43.6 Å². The summed E-state index contributed by atoms with van der Waals surface area (Å²) in [6.07, 6.45) is 6.73. The molecule has 14 heteroatoms.